The molecule has 2 aromatic carbocycles. The summed E-state index contributed by atoms with van der Waals surface area (Å²) in [6.07, 6.45) is 0.248. The minimum absolute atomic E-state index is 0.0138. The van der Waals surface area contributed by atoms with Crippen LogP contribution >= 0.6 is 69.0 Å². The van der Waals surface area contributed by atoms with Crippen molar-refractivity contribution in [1.82, 2.24) is 4.90 Å². The number of nitrogens with one attached hydrogen (secondary N) is 1. The van der Waals surface area contributed by atoms with Crippen molar-refractivity contribution in [3.63, 3.8) is 0 Å². The van der Waals surface area contributed by atoms with Gasteiger partial charge < -0.3 is 5.32 Å². The van der Waals surface area contributed by atoms with Crippen LogP contribution in [-0.4, -0.2) is 28.7 Å². The third kappa shape index (κ3) is 4.30. The molecule has 158 valence electrons. The van der Waals surface area contributed by atoms with Crippen molar-refractivity contribution in [3.8, 4) is 0 Å². The molecule has 0 aliphatic carbocycles. The van der Waals surface area contributed by atoms with E-state index < -0.39 is 23.8 Å². The fourth-order valence-electron chi connectivity index (χ4n) is 3.18. The zero-order chi connectivity index (χ0) is 22.3. The Bertz CT molecular complexity index is 1010. The number of hydrogen-bond acceptors (Lipinski definition) is 3. The number of halogens is 5. The summed E-state index contributed by atoms with van der Waals surface area (Å²) in [7, 11) is 0. The van der Waals surface area contributed by atoms with E-state index in [0.717, 1.165) is 8.47 Å². The molecule has 10 heteroatoms. The molecule has 0 fully saturated rings. The first-order valence-electron chi connectivity index (χ1n) is 8.84. The van der Waals surface area contributed by atoms with Gasteiger partial charge in [0.25, 0.3) is 11.8 Å². The van der Waals surface area contributed by atoms with E-state index in [0.29, 0.717) is 5.69 Å². The van der Waals surface area contributed by atoms with Crippen LogP contribution in [0.15, 0.2) is 24.3 Å². The molecule has 3 amide bonds. The molecule has 1 N–H and O–H groups in total. The van der Waals surface area contributed by atoms with Gasteiger partial charge in [0, 0.05) is 9.26 Å². The van der Waals surface area contributed by atoms with Gasteiger partial charge in [0.2, 0.25) is 5.91 Å². The van der Waals surface area contributed by atoms with Crippen molar-refractivity contribution >= 4 is 92.4 Å². The lowest BCUT2D eigenvalue weighted by Crippen LogP contribution is -2.48. The summed E-state index contributed by atoms with van der Waals surface area (Å²) in [6, 6.07) is 6.07. The Morgan fingerprint density at radius 2 is 1.40 bits per heavy atom. The molecular formula is C20H15Cl4IN2O3. The predicted molar refractivity (Wildman–Crippen MR) is 128 cm³/mol. The number of carbonyl (C=O) groups excluding carboxylic acids is 3. The van der Waals surface area contributed by atoms with Crippen LogP contribution in [0.2, 0.25) is 20.1 Å². The molecule has 5 nitrogen and oxygen atoms in total. The van der Waals surface area contributed by atoms with Crippen LogP contribution in [0, 0.1) is 9.49 Å². The molecule has 0 spiro atoms. The van der Waals surface area contributed by atoms with Gasteiger partial charge in [0.15, 0.2) is 0 Å². The maximum absolute atomic E-state index is 13.1. The van der Waals surface area contributed by atoms with Gasteiger partial charge in [-0.2, -0.15) is 0 Å². The van der Waals surface area contributed by atoms with E-state index in [4.69, 9.17) is 46.4 Å². The second-order valence-electron chi connectivity index (χ2n) is 7.13. The van der Waals surface area contributed by atoms with E-state index in [2.05, 4.69) is 27.9 Å². The fourth-order valence-corrected chi connectivity index (χ4v) is 4.56. The van der Waals surface area contributed by atoms with E-state index in [9.17, 15) is 14.4 Å². The zero-order valence-corrected chi connectivity index (χ0v) is 20.9. The van der Waals surface area contributed by atoms with Crippen LogP contribution < -0.4 is 5.32 Å². The van der Waals surface area contributed by atoms with Crippen molar-refractivity contribution in [2.24, 2.45) is 5.92 Å². The molecule has 1 aliphatic heterocycles. The molecule has 0 saturated carbocycles. The number of amides is 3. The maximum Gasteiger partial charge on any atom is 0.263 e. The average molecular weight is 600 g/mol. The van der Waals surface area contributed by atoms with Gasteiger partial charge in [0.1, 0.15) is 6.04 Å². The number of carbonyl (C=O) groups is 3. The zero-order valence-electron chi connectivity index (χ0n) is 15.7. The topological polar surface area (TPSA) is 66.5 Å². The van der Waals surface area contributed by atoms with Gasteiger partial charge in [-0.05, 0) is 59.2 Å². The lowest BCUT2D eigenvalue weighted by Gasteiger charge is -2.26. The van der Waals surface area contributed by atoms with Crippen LogP contribution in [0.25, 0.3) is 0 Å². The highest BCUT2D eigenvalue weighted by atomic mass is 127. The van der Waals surface area contributed by atoms with Crippen molar-refractivity contribution in [3.05, 3.63) is 59.1 Å². The molecular weight excluding hydrogens is 585 g/mol. The quantitative estimate of drug-likeness (QED) is 0.183. The van der Waals surface area contributed by atoms with Crippen molar-refractivity contribution in [1.29, 1.82) is 0 Å². The first-order chi connectivity index (χ1) is 14.0. The van der Waals surface area contributed by atoms with Crippen LogP contribution in [0.4, 0.5) is 5.69 Å². The van der Waals surface area contributed by atoms with Crippen LogP contribution in [0.1, 0.15) is 41.0 Å². The van der Waals surface area contributed by atoms with E-state index in [1.54, 1.807) is 12.1 Å². The number of imide groups is 1. The number of rotatable bonds is 5. The Morgan fingerprint density at radius 3 is 1.83 bits per heavy atom. The molecule has 30 heavy (non-hydrogen) atoms. The summed E-state index contributed by atoms with van der Waals surface area (Å²) >= 11 is 26.7. The van der Waals surface area contributed by atoms with Gasteiger partial charge in [-0.15, -0.1) is 0 Å². The number of hydrogen-bond donors (Lipinski definition) is 1. The van der Waals surface area contributed by atoms with Crippen LogP contribution in [-0.2, 0) is 4.79 Å². The van der Waals surface area contributed by atoms with Crippen molar-refractivity contribution in [2.75, 3.05) is 5.32 Å². The molecule has 1 aliphatic rings. The fraction of sp³-hybridized carbons (Fsp3) is 0.250. The van der Waals surface area contributed by atoms with E-state index in [1.165, 1.54) is 0 Å². The SMILES string of the molecule is CC(C)CC(C(=O)Nc1ccc(I)cc1)N1C(=O)c2c(Cl)c(Cl)c(Cl)c(Cl)c2C1=O. The largest absolute Gasteiger partial charge is 0.324 e. The van der Waals surface area contributed by atoms with Gasteiger partial charge >= 0.3 is 0 Å². The number of anilines is 1. The van der Waals surface area contributed by atoms with Crippen LogP contribution in [0.3, 0.4) is 0 Å². The Hall–Kier alpha value is -1.06. The Balaban J connectivity index is 2.02. The first-order valence-corrected chi connectivity index (χ1v) is 11.4. The molecule has 3 rings (SSSR count). The smallest absolute Gasteiger partial charge is 0.263 e. The van der Waals surface area contributed by atoms with Gasteiger partial charge in [-0.25, -0.2) is 0 Å². The van der Waals surface area contributed by atoms with E-state index >= 15 is 0 Å². The molecule has 0 saturated heterocycles. The number of nitrogens with zero attached hydrogens (tertiary/aromatic N) is 1. The Morgan fingerprint density at radius 1 is 0.933 bits per heavy atom. The summed E-state index contributed by atoms with van der Waals surface area (Å²) < 4.78 is 1.00. The summed E-state index contributed by atoms with van der Waals surface area (Å²) in [4.78, 5) is 40.3. The minimum Gasteiger partial charge on any atom is -0.324 e. The van der Waals surface area contributed by atoms with Gasteiger partial charge in [-0.1, -0.05) is 60.3 Å². The van der Waals surface area contributed by atoms with Crippen LogP contribution in [0.5, 0.6) is 0 Å². The molecule has 1 atom stereocenters. The molecule has 1 unspecified atom stereocenters. The molecule has 0 radical (unpaired) electrons. The summed E-state index contributed by atoms with van der Waals surface area (Å²) in [5.41, 5.74) is 0.265. The standard InChI is InChI=1S/C20H15Cl4IN2O3/c1-8(2)7-11(18(28)26-10-5-3-9(25)4-6-10)27-19(29)12-13(20(27)30)15(22)17(24)16(23)14(12)21/h3-6,8,11H,7H2,1-2H3,(H,26,28). The highest BCUT2D eigenvalue weighted by Crippen LogP contribution is 2.45. The van der Waals surface area contributed by atoms with Gasteiger partial charge in [0.05, 0.1) is 31.2 Å². The highest BCUT2D eigenvalue weighted by Gasteiger charge is 2.46. The summed E-state index contributed by atoms with van der Waals surface area (Å²) in [5, 5.41) is 2.20. The second kappa shape index (κ2) is 9.20. The number of fused-ring (bicyclic) bond motifs is 1. The second-order valence-corrected chi connectivity index (χ2v) is 9.89. The van der Waals surface area contributed by atoms with Crippen molar-refractivity contribution in [2.45, 2.75) is 26.3 Å². The summed E-state index contributed by atoms with van der Waals surface area (Å²) in [5.74, 6) is -1.95. The van der Waals surface area contributed by atoms with E-state index in [1.807, 2.05) is 26.0 Å². The molecule has 0 bridgehead atoms. The number of benzene rings is 2. The maximum atomic E-state index is 13.1. The molecule has 0 aromatic heterocycles. The average Bonchev–Trinajstić information content (AvgIpc) is 2.95. The monoisotopic (exact) mass is 598 g/mol. The Labute approximate surface area is 207 Å². The third-order valence-corrected chi connectivity index (χ3v) is 7.07. The molecule has 1 heterocycles. The lowest BCUT2D eigenvalue weighted by molar-refractivity contribution is -0.120. The van der Waals surface area contributed by atoms with Crippen molar-refractivity contribution < 1.29 is 14.4 Å². The molecule has 2 aromatic rings. The Kier molecular flexibility index (Phi) is 7.24. The minimum atomic E-state index is -1.07. The first kappa shape index (κ1) is 23.6. The predicted octanol–water partition coefficient (Wildman–Crippen LogP) is 6.55. The third-order valence-electron chi connectivity index (χ3n) is 4.55. The highest BCUT2D eigenvalue weighted by molar-refractivity contribution is 14.1. The van der Waals surface area contributed by atoms with Gasteiger partial charge in [-0.3, -0.25) is 19.3 Å². The summed E-state index contributed by atoms with van der Waals surface area (Å²) in [6.45, 7) is 3.77. The normalized spacial score (nSPS) is 14.3. The lowest BCUT2D eigenvalue weighted by atomic mass is 10.0. The van der Waals surface area contributed by atoms with E-state index in [-0.39, 0.29) is 43.6 Å².